The molecule has 1 rings (SSSR count). The third kappa shape index (κ3) is 3.08. The van der Waals surface area contributed by atoms with E-state index in [-0.39, 0.29) is 17.8 Å². The van der Waals surface area contributed by atoms with Crippen LogP contribution >= 0.6 is 0 Å². The molecule has 0 N–H and O–H groups in total. The van der Waals surface area contributed by atoms with Crippen molar-refractivity contribution in [3.8, 4) is 0 Å². The molecule has 0 saturated carbocycles. The molecule has 1 saturated heterocycles. The van der Waals surface area contributed by atoms with Gasteiger partial charge in [-0.05, 0) is 20.3 Å². The largest absolute Gasteiger partial charge is 0.469 e. The van der Waals surface area contributed by atoms with Crippen LogP contribution in [0.1, 0.15) is 20.3 Å². The fourth-order valence-electron chi connectivity index (χ4n) is 1.66. The molecule has 4 nitrogen and oxygen atoms in total. The van der Waals surface area contributed by atoms with Crippen molar-refractivity contribution in [2.24, 2.45) is 5.92 Å². The lowest BCUT2D eigenvalue weighted by atomic mass is 10.1. The minimum atomic E-state index is -0.220. The Kier molecular flexibility index (Phi) is 3.88. The van der Waals surface area contributed by atoms with Crippen LogP contribution in [0.3, 0.4) is 0 Å². The van der Waals surface area contributed by atoms with Gasteiger partial charge in [0.1, 0.15) is 0 Å². The molecule has 0 bridgehead atoms. The molecule has 1 amide bonds. The molecule has 0 aliphatic carbocycles. The second kappa shape index (κ2) is 4.96. The molecule has 0 spiro atoms. The SMILES string of the molecule is COC(=O)C1CCN(C(=O)C=C(C)C)C1. The highest BCUT2D eigenvalue weighted by Gasteiger charge is 2.30. The summed E-state index contributed by atoms with van der Waals surface area (Å²) in [4.78, 5) is 24.5. The highest BCUT2D eigenvalue weighted by Crippen LogP contribution is 2.17. The maximum Gasteiger partial charge on any atom is 0.310 e. The number of hydrogen-bond donors (Lipinski definition) is 0. The predicted octanol–water partition coefficient (Wildman–Crippen LogP) is 0.974. The van der Waals surface area contributed by atoms with Crippen molar-refractivity contribution in [1.29, 1.82) is 0 Å². The lowest BCUT2D eigenvalue weighted by molar-refractivity contribution is -0.145. The molecular formula is C11H17NO3. The van der Waals surface area contributed by atoms with Gasteiger partial charge in [-0.3, -0.25) is 9.59 Å². The number of likely N-dealkylation sites (tertiary alicyclic amines) is 1. The third-order valence-corrected chi connectivity index (χ3v) is 2.45. The van der Waals surface area contributed by atoms with Crippen molar-refractivity contribution in [3.05, 3.63) is 11.6 Å². The molecule has 15 heavy (non-hydrogen) atoms. The summed E-state index contributed by atoms with van der Waals surface area (Å²) in [6.07, 6.45) is 2.30. The smallest absolute Gasteiger partial charge is 0.310 e. The first-order chi connectivity index (χ1) is 7.04. The lowest BCUT2D eigenvalue weighted by Crippen LogP contribution is -2.28. The second-order valence-electron chi connectivity index (χ2n) is 4.01. The predicted molar refractivity (Wildman–Crippen MR) is 56.1 cm³/mol. The van der Waals surface area contributed by atoms with Gasteiger partial charge in [0.2, 0.25) is 5.91 Å². The fraction of sp³-hybridized carbons (Fsp3) is 0.636. The van der Waals surface area contributed by atoms with E-state index < -0.39 is 0 Å². The topological polar surface area (TPSA) is 46.6 Å². The molecular weight excluding hydrogens is 194 g/mol. The van der Waals surface area contributed by atoms with Gasteiger partial charge in [-0.1, -0.05) is 5.57 Å². The van der Waals surface area contributed by atoms with Gasteiger partial charge in [0.05, 0.1) is 13.0 Å². The molecule has 1 fully saturated rings. The van der Waals surface area contributed by atoms with Crippen LogP contribution in [0.2, 0.25) is 0 Å². The van der Waals surface area contributed by atoms with E-state index in [1.54, 1.807) is 11.0 Å². The number of esters is 1. The van der Waals surface area contributed by atoms with Crippen LogP contribution in [0.4, 0.5) is 0 Å². The molecule has 1 atom stereocenters. The quantitative estimate of drug-likeness (QED) is 0.505. The van der Waals surface area contributed by atoms with Crippen molar-refractivity contribution >= 4 is 11.9 Å². The summed E-state index contributed by atoms with van der Waals surface area (Å²) in [5.41, 5.74) is 0.974. The van der Waals surface area contributed by atoms with Crippen LogP contribution in [-0.4, -0.2) is 37.0 Å². The van der Waals surface area contributed by atoms with E-state index in [1.165, 1.54) is 7.11 Å². The zero-order valence-corrected chi connectivity index (χ0v) is 9.45. The van der Waals surface area contributed by atoms with E-state index in [1.807, 2.05) is 13.8 Å². The highest BCUT2D eigenvalue weighted by molar-refractivity contribution is 5.89. The lowest BCUT2D eigenvalue weighted by Gasteiger charge is -2.13. The molecule has 1 aliphatic heterocycles. The molecule has 1 heterocycles. The Bertz CT molecular complexity index is 292. The van der Waals surface area contributed by atoms with E-state index >= 15 is 0 Å². The molecule has 1 aliphatic rings. The molecule has 1 unspecified atom stereocenters. The Morgan fingerprint density at radius 2 is 2.07 bits per heavy atom. The van der Waals surface area contributed by atoms with Gasteiger partial charge in [-0.15, -0.1) is 0 Å². The Morgan fingerprint density at radius 3 is 2.60 bits per heavy atom. The first kappa shape index (κ1) is 11.8. The molecule has 84 valence electrons. The summed E-state index contributed by atoms with van der Waals surface area (Å²) in [5.74, 6) is -0.381. The first-order valence-electron chi connectivity index (χ1n) is 5.06. The summed E-state index contributed by atoms with van der Waals surface area (Å²) in [7, 11) is 1.38. The highest BCUT2D eigenvalue weighted by atomic mass is 16.5. The number of allylic oxidation sites excluding steroid dienone is 1. The van der Waals surface area contributed by atoms with Crippen molar-refractivity contribution in [1.82, 2.24) is 4.90 Å². The van der Waals surface area contributed by atoms with Gasteiger partial charge >= 0.3 is 5.97 Å². The van der Waals surface area contributed by atoms with Crippen molar-refractivity contribution in [2.45, 2.75) is 20.3 Å². The van der Waals surface area contributed by atoms with Gasteiger partial charge in [0.15, 0.2) is 0 Å². The van der Waals surface area contributed by atoms with Crippen LogP contribution in [0, 0.1) is 5.92 Å². The number of amides is 1. The van der Waals surface area contributed by atoms with Gasteiger partial charge in [-0.25, -0.2) is 0 Å². The third-order valence-electron chi connectivity index (χ3n) is 2.45. The Balaban J connectivity index is 2.53. The van der Waals surface area contributed by atoms with Crippen molar-refractivity contribution < 1.29 is 14.3 Å². The Labute approximate surface area is 89.9 Å². The standard InChI is InChI=1S/C11H17NO3/c1-8(2)6-10(13)12-5-4-9(7-12)11(14)15-3/h6,9H,4-5,7H2,1-3H3. The van der Waals surface area contributed by atoms with Crippen LogP contribution in [0.5, 0.6) is 0 Å². The molecule has 0 aromatic carbocycles. The molecule has 0 radical (unpaired) electrons. The Hall–Kier alpha value is -1.32. The van der Waals surface area contributed by atoms with Crippen LogP contribution in [0.25, 0.3) is 0 Å². The normalized spacial score (nSPS) is 19.9. The number of nitrogens with zero attached hydrogens (tertiary/aromatic N) is 1. The first-order valence-corrected chi connectivity index (χ1v) is 5.06. The number of ether oxygens (including phenoxy) is 1. The molecule has 0 aromatic heterocycles. The van der Waals surface area contributed by atoms with Gasteiger partial charge in [0.25, 0.3) is 0 Å². The van der Waals surface area contributed by atoms with Gasteiger partial charge < -0.3 is 9.64 Å². The summed E-state index contributed by atoms with van der Waals surface area (Å²) in [6, 6.07) is 0. The van der Waals surface area contributed by atoms with Crippen molar-refractivity contribution in [2.75, 3.05) is 20.2 Å². The van der Waals surface area contributed by atoms with Crippen LogP contribution in [0.15, 0.2) is 11.6 Å². The monoisotopic (exact) mass is 211 g/mol. The van der Waals surface area contributed by atoms with E-state index in [0.717, 1.165) is 5.57 Å². The molecule has 4 heteroatoms. The number of hydrogen-bond acceptors (Lipinski definition) is 3. The van der Waals surface area contributed by atoms with E-state index in [0.29, 0.717) is 19.5 Å². The summed E-state index contributed by atoms with van der Waals surface area (Å²) >= 11 is 0. The van der Waals surface area contributed by atoms with E-state index in [9.17, 15) is 9.59 Å². The number of carbonyl (C=O) groups is 2. The van der Waals surface area contributed by atoms with Gasteiger partial charge in [-0.2, -0.15) is 0 Å². The minimum absolute atomic E-state index is 0.0126. The fourth-order valence-corrected chi connectivity index (χ4v) is 1.66. The maximum atomic E-state index is 11.6. The number of carbonyl (C=O) groups excluding carboxylic acids is 2. The zero-order chi connectivity index (χ0) is 11.4. The number of rotatable bonds is 2. The van der Waals surface area contributed by atoms with Crippen molar-refractivity contribution in [3.63, 3.8) is 0 Å². The summed E-state index contributed by atoms with van der Waals surface area (Å²) < 4.78 is 4.65. The summed E-state index contributed by atoms with van der Waals surface area (Å²) in [5, 5.41) is 0. The number of methoxy groups -OCH3 is 1. The average Bonchev–Trinajstić information content (AvgIpc) is 2.64. The average molecular weight is 211 g/mol. The van der Waals surface area contributed by atoms with Gasteiger partial charge in [0, 0.05) is 19.2 Å². The van der Waals surface area contributed by atoms with Crippen LogP contribution in [-0.2, 0) is 14.3 Å². The Morgan fingerprint density at radius 1 is 1.40 bits per heavy atom. The maximum absolute atomic E-state index is 11.6. The second-order valence-corrected chi connectivity index (χ2v) is 4.01. The minimum Gasteiger partial charge on any atom is -0.469 e. The summed E-state index contributed by atoms with van der Waals surface area (Å²) in [6.45, 7) is 4.88. The van der Waals surface area contributed by atoms with E-state index in [2.05, 4.69) is 4.74 Å². The molecule has 0 aromatic rings. The van der Waals surface area contributed by atoms with E-state index in [4.69, 9.17) is 0 Å². The van der Waals surface area contributed by atoms with Crippen LogP contribution < -0.4 is 0 Å². The zero-order valence-electron chi connectivity index (χ0n) is 9.45.